The van der Waals surface area contributed by atoms with Crippen molar-refractivity contribution in [1.29, 1.82) is 0 Å². The second-order valence-electron chi connectivity index (χ2n) is 7.26. The van der Waals surface area contributed by atoms with E-state index in [2.05, 4.69) is 0 Å². The minimum absolute atomic E-state index is 0.210. The molecule has 1 heterocycles. The van der Waals surface area contributed by atoms with Crippen molar-refractivity contribution in [1.82, 2.24) is 4.90 Å². The van der Waals surface area contributed by atoms with E-state index in [0.29, 0.717) is 11.1 Å². The van der Waals surface area contributed by atoms with Gasteiger partial charge >= 0.3 is 5.97 Å². The largest absolute Gasteiger partial charge is 0.458 e. The number of imide groups is 1. The van der Waals surface area contributed by atoms with Crippen LogP contribution in [0.4, 0.5) is 0 Å². The summed E-state index contributed by atoms with van der Waals surface area (Å²) in [6.45, 7) is 5.27. The molecule has 1 aliphatic heterocycles. The third kappa shape index (κ3) is 3.52. The number of hydrogen-bond donors (Lipinski definition) is 0. The second-order valence-corrected chi connectivity index (χ2v) is 7.26. The third-order valence-electron chi connectivity index (χ3n) is 4.09. The van der Waals surface area contributed by atoms with Gasteiger partial charge in [-0.15, -0.1) is 0 Å². The second kappa shape index (κ2) is 6.75. The van der Waals surface area contributed by atoms with Crippen LogP contribution in [0.2, 0.25) is 0 Å². The normalized spacial score (nSPS) is 15.0. The first kappa shape index (κ1) is 17.9. The number of fused-ring (bicyclic) bond motifs is 1. The standard InChI is InChI=1S/C21H21NO4/c1-21(2,3)26-20(25)17(13-14-9-5-4-6-10-14)22-18(23)15-11-7-8-12-16(15)19(22)24/h4-12,17H,13H2,1-3H3/t17-/m0/s1. The van der Waals surface area contributed by atoms with Crippen LogP contribution in [0.1, 0.15) is 47.1 Å². The van der Waals surface area contributed by atoms with Gasteiger partial charge in [-0.25, -0.2) is 4.79 Å². The molecular formula is C21H21NO4. The van der Waals surface area contributed by atoms with Crippen molar-refractivity contribution >= 4 is 17.8 Å². The zero-order chi connectivity index (χ0) is 18.9. The number of rotatable bonds is 4. The maximum absolute atomic E-state index is 12.8. The van der Waals surface area contributed by atoms with Crippen molar-refractivity contribution in [3.05, 3.63) is 71.3 Å². The van der Waals surface area contributed by atoms with E-state index in [-0.39, 0.29) is 6.42 Å². The summed E-state index contributed by atoms with van der Waals surface area (Å²) >= 11 is 0. The average Bonchev–Trinajstić information content (AvgIpc) is 2.84. The number of esters is 1. The van der Waals surface area contributed by atoms with E-state index in [1.807, 2.05) is 30.3 Å². The molecule has 2 amide bonds. The van der Waals surface area contributed by atoms with Crippen molar-refractivity contribution in [3.63, 3.8) is 0 Å². The molecule has 1 atom stereocenters. The maximum Gasteiger partial charge on any atom is 0.330 e. The Kier molecular flexibility index (Phi) is 4.64. The smallest absolute Gasteiger partial charge is 0.330 e. The summed E-state index contributed by atoms with van der Waals surface area (Å²) in [4.78, 5) is 39.5. The minimum Gasteiger partial charge on any atom is -0.458 e. The van der Waals surface area contributed by atoms with Gasteiger partial charge in [-0.1, -0.05) is 42.5 Å². The van der Waals surface area contributed by atoms with E-state index in [1.165, 1.54) is 0 Å². The van der Waals surface area contributed by atoms with Gasteiger partial charge in [0.2, 0.25) is 0 Å². The molecule has 0 unspecified atom stereocenters. The van der Waals surface area contributed by atoms with Crippen LogP contribution in [0.3, 0.4) is 0 Å². The fourth-order valence-corrected chi connectivity index (χ4v) is 2.98. The summed E-state index contributed by atoms with van der Waals surface area (Å²) < 4.78 is 5.49. The van der Waals surface area contributed by atoms with Crippen LogP contribution in [-0.4, -0.2) is 34.3 Å². The lowest BCUT2D eigenvalue weighted by Crippen LogP contribution is -2.48. The van der Waals surface area contributed by atoms with Gasteiger partial charge in [-0.05, 0) is 38.5 Å². The Labute approximate surface area is 152 Å². The number of carbonyl (C=O) groups is 3. The lowest BCUT2D eigenvalue weighted by molar-refractivity contribution is -0.159. The highest BCUT2D eigenvalue weighted by Gasteiger charge is 2.44. The monoisotopic (exact) mass is 351 g/mol. The zero-order valence-corrected chi connectivity index (χ0v) is 15.1. The Morgan fingerprint density at radius 2 is 1.42 bits per heavy atom. The van der Waals surface area contributed by atoms with Gasteiger partial charge in [-0.3, -0.25) is 14.5 Å². The summed E-state index contributed by atoms with van der Waals surface area (Å²) in [6, 6.07) is 14.9. The summed E-state index contributed by atoms with van der Waals surface area (Å²) in [5, 5.41) is 0. The molecule has 5 heteroatoms. The summed E-state index contributed by atoms with van der Waals surface area (Å²) in [6.07, 6.45) is 0.210. The Hall–Kier alpha value is -2.95. The number of carbonyl (C=O) groups excluding carboxylic acids is 3. The highest BCUT2D eigenvalue weighted by atomic mass is 16.6. The third-order valence-corrected chi connectivity index (χ3v) is 4.09. The maximum atomic E-state index is 12.8. The van der Waals surface area contributed by atoms with Crippen molar-refractivity contribution in [2.75, 3.05) is 0 Å². The molecule has 5 nitrogen and oxygen atoms in total. The Bertz CT molecular complexity index is 817. The van der Waals surface area contributed by atoms with Gasteiger partial charge in [0, 0.05) is 6.42 Å². The fraction of sp³-hybridized carbons (Fsp3) is 0.286. The molecule has 0 bridgehead atoms. The van der Waals surface area contributed by atoms with E-state index in [4.69, 9.17) is 4.74 Å². The van der Waals surface area contributed by atoms with Gasteiger partial charge in [0.1, 0.15) is 11.6 Å². The number of ether oxygens (including phenoxy) is 1. The molecule has 0 radical (unpaired) electrons. The topological polar surface area (TPSA) is 63.7 Å². The quantitative estimate of drug-likeness (QED) is 0.627. The fourth-order valence-electron chi connectivity index (χ4n) is 2.98. The predicted octanol–water partition coefficient (Wildman–Crippen LogP) is 3.24. The Morgan fingerprint density at radius 3 is 1.92 bits per heavy atom. The highest BCUT2D eigenvalue weighted by molar-refractivity contribution is 6.22. The van der Waals surface area contributed by atoms with Gasteiger partial charge in [0.15, 0.2) is 0 Å². The molecule has 0 aliphatic carbocycles. The molecule has 2 aromatic carbocycles. The van der Waals surface area contributed by atoms with E-state index >= 15 is 0 Å². The number of benzene rings is 2. The molecule has 0 saturated carbocycles. The molecule has 0 N–H and O–H groups in total. The van der Waals surface area contributed by atoms with Crippen molar-refractivity contribution in [3.8, 4) is 0 Å². The molecule has 0 aromatic heterocycles. The van der Waals surface area contributed by atoms with Crippen LogP contribution >= 0.6 is 0 Å². The van der Waals surface area contributed by atoms with Crippen molar-refractivity contribution in [2.45, 2.75) is 38.8 Å². The van der Waals surface area contributed by atoms with E-state index in [1.54, 1.807) is 45.0 Å². The highest BCUT2D eigenvalue weighted by Crippen LogP contribution is 2.27. The summed E-state index contributed by atoms with van der Waals surface area (Å²) in [7, 11) is 0. The first-order valence-corrected chi connectivity index (χ1v) is 8.51. The first-order valence-electron chi connectivity index (χ1n) is 8.51. The molecule has 3 rings (SSSR count). The van der Waals surface area contributed by atoms with Crippen molar-refractivity contribution in [2.24, 2.45) is 0 Å². The van der Waals surface area contributed by atoms with Gasteiger partial charge < -0.3 is 4.74 Å². The molecule has 1 aliphatic rings. The van der Waals surface area contributed by atoms with Crippen LogP contribution < -0.4 is 0 Å². The van der Waals surface area contributed by atoms with Crippen LogP contribution in [0.25, 0.3) is 0 Å². The predicted molar refractivity (Wildman–Crippen MR) is 96.7 cm³/mol. The molecule has 134 valence electrons. The first-order chi connectivity index (χ1) is 12.3. The lowest BCUT2D eigenvalue weighted by Gasteiger charge is -2.28. The van der Waals surface area contributed by atoms with Crippen LogP contribution in [0, 0.1) is 0 Å². The van der Waals surface area contributed by atoms with E-state index in [0.717, 1.165) is 10.5 Å². The molecule has 0 saturated heterocycles. The number of nitrogens with zero attached hydrogens (tertiary/aromatic N) is 1. The minimum atomic E-state index is -1.01. The van der Waals surface area contributed by atoms with Crippen molar-refractivity contribution < 1.29 is 19.1 Å². The summed E-state index contributed by atoms with van der Waals surface area (Å²) in [5.74, 6) is -1.51. The molecule has 2 aromatic rings. The molecular weight excluding hydrogens is 330 g/mol. The molecule has 0 fully saturated rings. The van der Waals surface area contributed by atoms with Crippen LogP contribution in [-0.2, 0) is 16.0 Å². The van der Waals surface area contributed by atoms with Gasteiger partial charge in [0.05, 0.1) is 11.1 Å². The van der Waals surface area contributed by atoms with Gasteiger partial charge in [-0.2, -0.15) is 0 Å². The van der Waals surface area contributed by atoms with Crippen LogP contribution in [0.5, 0.6) is 0 Å². The lowest BCUT2D eigenvalue weighted by atomic mass is 10.0. The SMILES string of the molecule is CC(C)(C)OC(=O)[C@H](Cc1ccccc1)N1C(=O)c2ccccc2C1=O. The molecule has 26 heavy (non-hydrogen) atoms. The number of amides is 2. The Balaban J connectivity index is 1.97. The van der Waals surface area contributed by atoms with E-state index in [9.17, 15) is 14.4 Å². The van der Waals surface area contributed by atoms with E-state index < -0.39 is 29.4 Å². The van der Waals surface area contributed by atoms with Crippen LogP contribution in [0.15, 0.2) is 54.6 Å². The average molecular weight is 351 g/mol. The Morgan fingerprint density at radius 1 is 0.923 bits per heavy atom. The number of hydrogen-bond acceptors (Lipinski definition) is 4. The zero-order valence-electron chi connectivity index (χ0n) is 15.1. The summed E-state index contributed by atoms with van der Waals surface area (Å²) in [5.41, 5.74) is 0.767. The van der Waals surface area contributed by atoms with Gasteiger partial charge in [0.25, 0.3) is 11.8 Å². The molecule has 0 spiro atoms.